The summed E-state index contributed by atoms with van der Waals surface area (Å²) in [7, 11) is 1.46. The topological polar surface area (TPSA) is 43.4 Å². The molecule has 4 bridgehead atoms. The van der Waals surface area contributed by atoms with Gasteiger partial charge in [0.15, 0.2) is 0 Å². The van der Waals surface area contributed by atoms with Gasteiger partial charge in [-0.2, -0.15) is 0 Å². The molecule has 3 saturated carbocycles. The summed E-state index contributed by atoms with van der Waals surface area (Å²) in [5, 5.41) is 0. The number of Topliss-reactive ketones (excluding diaryl/α,β-unsaturated/α-hetero) is 1. The first-order valence-electron chi connectivity index (χ1n) is 6.09. The van der Waals surface area contributed by atoms with E-state index < -0.39 is 0 Å². The van der Waals surface area contributed by atoms with Gasteiger partial charge < -0.3 is 4.74 Å². The van der Waals surface area contributed by atoms with Gasteiger partial charge >= 0.3 is 5.97 Å². The van der Waals surface area contributed by atoms with Gasteiger partial charge in [-0.05, 0) is 30.6 Å². The highest BCUT2D eigenvalue weighted by molar-refractivity contribution is 5.93. The Morgan fingerprint density at radius 2 is 2.12 bits per heavy atom. The van der Waals surface area contributed by atoms with Gasteiger partial charge in [0, 0.05) is 11.8 Å². The number of esters is 1. The molecule has 16 heavy (non-hydrogen) atoms. The third-order valence-electron chi connectivity index (χ3n) is 5.66. The fourth-order valence-corrected chi connectivity index (χ4v) is 5.12. The number of methoxy groups -OCH3 is 1. The van der Waals surface area contributed by atoms with E-state index in [1.807, 2.05) is 6.92 Å². The van der Waals surface area contributed by atoms with Crippen molar-refractivity contribution in [3.63, 3.8) is 0 Å². The lowest BCUT2D eigenvalue weighted by molar-refractivity contribution is -0.158. The van der Waals surface area contributed by atoms with Crippen molar-refractivity contribution in [1.82, 2.24) is 0 Å². The van der Waals surface area contributed by atoms with Crippen LogP contribution in [0.5, 0.6) is 0 Å². The first kappa shape index (κ1) is 10.3. The van der Waals surface area contributed by atoms with Crippen LogP contribution in [0, 0.1) is 28.6 Å². The van der Waals surface area contributed by atoms with Crippen LogP contribution in [0.2, 0.25) is 0 Å². The molecule has 0 heterocycles. The van der Waals surface area contributed by atoms with Crippen LogP contribution in [-0.2, 0) is 14.3 Å². The summed E-state index contributed by atoms with van der Waals surface area (Å²) < 4.78 is 4.99. The van der Waals surface area contributed by atoms with Crippen molar-refractivity contribution in [3.05, 3.63) is 0 Å². The number of rotatable bonds is 1. The van der Waals surface area contributed by atoms with E-state index >= 15 is 0 Å². The molecule has 3 aliphatic carbocycles. The third-order valence-corrected chi connectivity index (χ3v) is 5.66. The van der Waals surface area contributed by atoms with Gasteiger partial charge in [0.2, 0.25) is 0 Å². The molecule has 0 aromatic rings. The largest absolute Gasteiger partial charge is 0.469 e. The summed E-state index contributed by atoms with van der Waals surface area (Å²) in [5.41, 5.74) is -0.258. The van der Waals surface area contributed by atoms with Gasteiger partial charge in [-0.1, -0.05) is 13.8 Å². The second-order valence-corrected chi connectivity index (χ2v) is 6.08. The molecule has 0 saturated heterocycles. The van der Waals surface area contributed by atoms with Crippen molar-refractivity contribution in [3.8, 4) is 0 Å². The Kier molecular flexibility index (Phi) is 1.73. The zero-order chi connectivity index (χ0) is 11.7. The number of carbonyl (C=O) groups excluding carboxylic acids is 2. The van der Waals surface area contributed by atoms with Crippen LogP contribution in [0.3, 0.4) is 0 Å². The molecule has 0 N–H and O–H groups in total. The highest BCUT2D eigenvalue weighted by Crippen LogP contribution is 2.74. The summed E-state index contributed by atoms with van der Waals surface area (Å²) in [4.78, 5) is 24.1. The highest BCUT2D eigenvalue weighted by Gasteiger charge is 2.75. The molecule has 3 rings (SSSR count). The maximum Gasteiger partial charge on any atom is 0.312 e. The molecule has 0 radical (unpaired) electrons. The Morgan fingerprint density at radius 3 is 2.69 bits per heavy atom. The molecule has 3 heteroatoms. The quantitative estimate of drug-likeness (QED) is 0.635. The summed E-state index contributed by atoms with van der Waals surface area (Å²) in [6.45, 7) is 4.19. The van der Waals surface area contributed by atoms with E-state index in [-0.39, 0.29) is 34.6 Å². The Labute approximate surface area is 95.5 Å². The van der Waals surface area contributed by atoms with E-state index in [2.05, 4.69) is 6.92 Å². The summed E-state index contributed by atoms with van der Waals surface area (Å²) in [6, 6.07) is 0. The van der Waals surface area contributed by atoms with E-state index in [1.165, 1.54) is 7.11 Å². The van der Waals surface area contributed by atoms with Crippen LogP contribution < -0.4 is 0 Å². The smallest absolute Gasteiger partial charge is 0.312 e. The standard InChI is InChI=1S/C13H18O3/c1-7-9(14)8-6-13(11(15)16-3)5-4-12(8,2)10(7)13/h7-8,10H,4-6H2,1-3H3/t7-,8-,10+,12-,13-/m0/s1. The highest BCUT2D eigenvalue weighted by atomic mass is 16.5. The second kappa shape index (κ2) is 2.69. The molecule has 3 fully saturated rings. The minimum absolute atomic E-state index is 0.0466. The molecule has 88 valence electrons. The molecular weight excluding hydrogens is 204 g/mol. The van der Waals surface area contributed by atoms with Crippen LogP contribution in [0.1, 0.15) is 33.1 Å². The molecule has 0 aromatic heterocycles. The Hall–Kier alpha value is -0.860. The molecule has 0 spiro atoms. The SMILES string of the molecule is COC(=O)[C@@]12CC[C@@]3(C)[C@@H](C1)C(=O)[C@H](C)[C@@H]23. The van der Waals surface area contributed by atoms with Crippen molar-refractivity contribution in [2.75, 3.05) is 7.11 Å². The van der Waals surface area contributed by atoms with Gasteiger partial charge in [-0.15, -0.1) is 0 Å². The normalized spacial score (nSPS) is 53.4. The van der Waals surface area contributed by atoms with Crippen molar-refractivity contribution < 1.29 is 14.3 Å². The van der Waals surface area contributed by atoms with Crippen LogP contribution in [0.15, 0.2) is 0 Å². The lowest BCUT2D eigenvalue weighted by Crippen LogP contribution is -2.42. The third kappa shape index (κ3) is 0.802. The fraction of sp³-hybridized carbons (Fsp3) is 0.846. The number of hydrogen-bond acceptors (Lipinski definition) is 3. The zero-order valence-electron chi connectivity index (χ0n) is 10.1. The predicted molar refractivity (Wildman–Crippen MR) is 57.6 cm³/mol. The average Bonchev–Trinajstić information content (AvgIpc) is 2.78. The van der Waals surface area contributed by atoms with Gasteiger partial charge in [0.1, 0.15) is 5.78 Å². The second-order valence-electron chi connectivity index (χ2n) is 6.08. The maximum absolute atomic E-state index is 12.1. The summed E-state index contributed by atoms with van der Waals surface area (Å²) in [5.74, 6) is 0.686. The van der Waals surface area contributed by atoms with E-state index in [9.17, 15) is 9.59 Å². The van der Waals surface area contributed by atoms with E-state index in [0.29, 0.717) is 5.78 Å². The molecule has 5 atom stereocenters. The molecule has 0 amide bonds. The first-order chi connectivity index (χ1) is 7.47. The van der Waals surface area contributed by atoms with Crippen LogP contribution in [0.4, 0.5) is 0 Å². The number of carbonyl (C=O) groups is 2. The summed E-state index contributed by atoms with van der Waals surface area (Å²) in [6.07, 6.45) is 2.66. The number of ether oxygens (including phenoxy) is 1. The number of hydrogen-bond donors (Lipinski definition) is 0. The maximum atomic E-state index is 12.1. The van der Waals surface area contributed by atoms with Gasteiger partial charge in [0.25, 0.3) is 0 Å². The molecule has 0 aromatic carbocycles. The van der Waals surface area contributed by atoms with Crippen molar-refractivity contribution in [1.29, 1.82) is 0 Å². The molecule has 0 unspecified atom stereocenters. The van der Waals surface area contributed by atoms with Gasteiger partial charge in [-0.25, -0.2) is 0 Å². The first-order valence-corrected chi connectivity index (χ1v) is 6.09. The van der Waals surface area contributed by atoms with Gasteiger partial charge in [-0.3, -0.25) is 9.59 Å². The van der Waals surface area contributed by atoms with E-state index in [0.717, 1.165) is 19.3 Å². The molecule has 3 nitrogen and oxygen atoms in total. The Bertz CT molecular complexity index is 389. The van der Waals surface area contributed by atoms with Crippen molar-refractivity contribution in [2.24, 2.45) is 28.6 Å². The minimum Gasteiger partial charge on any atom is -0.469 e. The number of ketones is 1. The van der Waals surface area contributed by atoms with Gasteiger partial charge in [0.05, 0.1) is 12.5 Å². The Morgan fingerprint density at radius 1 is 1.44 bits per heavy atom. The predicted octanol–water partition coefficient (Wildman–Crippen LogP) is 1.80. The van der Waals surface area contributed by atoms with Crippen LogP contribution in [0.25, 0.3) is 0 Å². The monoisotopic (exact) mass is 222 g/mol. The fourth-order valence-electron chi connectivity index (χ4n) is 5.12. The lowest BCUT2D eigenvalue weighted by atomic mass is 9.68. The lowest BCUT2D eigenvalue weighted by Gasteiger charge is -2.35. The summed E-state index contributed by atoms with van der Waals surface area (Å²) >= 11 is 0. The van der Waals surface area contributed by atoms with Crippen molar-refractivity contribution in [2.45, 2.75) is 33.1 Å². The zero-order valence-corrected chi connectivity index (χ0v) is 10.1. The van der Waals surface area contributed by atoms with E-state index in [1.54, 1.807) is 0 Å². The van der Waals surface area contributed by atoms with Crippen LogP contribution in [-0.4, -0.2) is 18.9 Å². The van der Waals surface area contributed by atoms with E-state index in [4.69, 9.17) is 4.74 Å². The minimum atomic E-state index is -0.332. The Balaban J connectivity index is 2.10. The molecule has 0 aliphatic heterocycles. The molecule has 3 aliphatic rings. The molecular formula is C13H18O3. The average molecular weight is 222 g/mol. The van der Waals surface area contributed by atoms with Crippen molar-refractivity contribution >= 4 is 11.8 Å². The van der Waals surface area contributed by atoms with Crippen LogP contribution >= 0.6 is 0 Å².